The predicted octanol–water partition coefficient (Wildman–Crippen LogP) is 2.95. The highest BCUT2D eigenvalue weighted by molar-refractivity contribution is 7.80. The summed E-state index contributed by atoms with van der Waals surface area (Å²) >= 11 is 5.59. The van der Waals surface area contributed by atoms with E-state index in [0.29, 0.717) is 12.1 Å². The van der Waals surface area contributed by atoms with Gasteiger partial charge in [-0.25, -0.2) is 0 Å². The average Bonchev–Trinajstić information content (AvgIpc) is 2.85. The fourth-order valence-electron chi connectivity index (χ4n) is 5.24. The van der Waals surface area contributed by atoms with E-state index in [4.69, 9.17) is 12.2 Å². The average molecular weight is 310 g/mol. The van der Waals surface area contributed by atoms with E-state index < -0.39 is 0 Å². The first kappa shape index (κ1) is 15.5. The highest BCUT2D eigenvalue weighted by Crippen LogP contribution is 2.44. The Bertz CT molecular complexity index is 402. The second-order valence-electron chi connectivity index (χ2n) is 8.90. The summed E-state index contributed by atoms with van der Waals surface area (Å²) in [6.07, 6.45) is 7.84. The van der Waals surface area contributed by atoms with Crippen LogP contribution in [0, 0.1) is 11.8 Å². The molecule has 3 atom stereocenters. The van der Waals surface area contributed by atoms with Gasteiger partial charge in [0.05, 0.1) is 0 Å². The van der Waals surface area contributed by atoms with Crippen LogP contribution < -0.4 is 16.0 Å². The summed E-state index contributed by atoms with van der Waals surface area (Å²) in [4.78, 5) is 0. The molecule has 2 aliphatic carbocycles. The van der Waals surface area contributed by atoms with Gasteiger partial charge in [-0.3, -0.25) is 0 Å². The molecule has 3 aliphatic rings. The number of fused-ring (bicyclic) bond motifs is 2. The Labute approximate surface area is 135 Å². The standard InChI is InChI=1S/C17H31N3S/c1-16(2)9-13(10-17(3,4)20-16)18-15(21)19-14-8-11-5-6-12(14)7-11/h11-14,20H,5-10H2,1-4H3,(H2,18,19,21)/t11-,12-,14-/m0/s1. The van der Waals surface area contributed by atoms with Gasteiger partial charge in [0.15, 0.2) is 5.11 Å². The normalized spacial score (nSPS) is 37.4. The summed E-state index contributed by atoms with van der Waals surface area (Å²) < 4.78 is 0. The monoisotopic (exact) mass is 309 g/mol. The van der Waals surface area contributed by atoms with Gasteiger partial charge in [-0.1, -0.05) is 6.42 Å². The molecular weight excluding hydrogens is 278 g/mol. The molecule has 4 heteroatoms. The summed E-state index contributed by atoms with van der Waals surface area (Å²) in [6, 6.07) is 1.10. The van der Waals surface area contributed by atoms with Gasteiger partial charge in [0, 0.05) is 23.2 Å². The summed E-state index contributed by atoms with van der Waals surface area (Å²) in [6.45, 7) is 9.15. The third kappa shape index (κ3) is 3.70. The van der Waals surface area contributed by atoms with Gasteiger partial charge in [0.2, 0.25) is 0 Å². The Morgan fingerprint density at radius 1 is 1.00 bits per heavy atom. The molecule has 1 aliphatic heterocycles. The minimum Gasteiger partial charge on any atom is -0.360 e. The Hall–Kier alpha value is -0.350. The highest BCUT2D eigenvalue weighted by atomic mass is 32.1. The number of piperidine rings is 1. The van der Waals surface area contributed by atoms with Crippen LogP contribution in [-0.2, 0) is 0 Å². The van der Waals surface area contributed by atoms with Gasteiger partial charge in [0.25, 0.3) is 0 Å². The molecule has 21 heavy (non-hydrogen) atoms. The number of hydrogen-bond acceptors (Lipinski definition) is 2. The van der Waals surface area contributed by atoms with Crippen LogP contribution in [0.25, 0.3) is 0 Å². The first-order chi connectivity index (χ1) is 9.72. The van der Waals surface area contributed by atoms with E-state index in [2.05, 4.69) is 43.6 Å². The van der Waals surface area contributed by atoms with E-state index in [1.165, 1.54) is 25.7 Å². The first-order valence-electron chi connectivity index (χ1n) is 8.59. The van der Waals surface area contributed by atoms with Crippen molar-refractivity contribution >= 4 is 17.3 Å². The SMILES string of the molecule is CC1(C)CC(NC(=S)N[C@H]2C[C@H]3CC[C@H]2C3)CC(C)(C)N1. The van der Waals surface area contributed by atoms with Crippen LogP contribution in [-0.4, -0.2) is 28.3 Å². The lowest BCUT2D eigenvalue weighted by Crippen LogP contribution is -2.63. The fraction of sp³-hybridized carbons (Fsp3) is 0.941. The van der Waals surface area contributed by atoms with E-state index >= 15 is 0 Å². The van der Waals surface area contributed by atoms with Crippen LogP contribution in [0.15, 0.2) is 0 Å². The molecule has 0 aromatic carbocycles. The Morgan fingerprint density at radius 3 is 2.19 bits per heavy atom. The quantitative estimate of drug-likeness (QED) is 0.686. The van der Waals surface area contributed by atoms with Crippen molar-refractivity contribution < 1.29 is 0 Å². The number of hydrogen-bond donors (Lipinski definition) is 3. The van der Waals surface area contributed by atoms with E-state index in [0.717, 1.165) is 29.8 Å². The summed E-state index contributed by atoms with van der Waals surface area (Å²) in [5, 5.41) is 11.8. The molecule has 3 N–H and O–H groups in total. The maximum Gasteiger partial charge on any atom is 0.166 e. The molecule has 0 aromatic rings. The summed E-state index contributed by atoms with van der Waals surface area (Å²) in [7, 11) is 0. The van der Waals surface area contributed by atoms with E-state index in [1.54, 1.807) is 0 Å². The topological polar surface area (TPSA) is 36.1 Å². The lowest BCUT2D eigenvalue weighted by Gasteiger charge is -2.47. The molecular formula is C17H31N3S. The third-order valence-corrected chi connectivity index (χ3v) is 5.82. The van der Waals surface area contributed by atoms with Crippen LogP contribution in [0.1, 0.15) is 66.2 Å². The molecule has 3 rings (SSSR count). The molecule has 0 amide bonds. The maximum atomic E-state index is 5.59. The summed E-state index contributed by atoms with van der Waals surface area (Å²) in [5.41, 5.74) is 0.336. The number of rotatable bonds is 2. The molecule has 1 saturated heterocycles. The van der Waals surface area contributed by atoms with Crippen LogP contribution >= 0.6 is 12.2 Å². The lowest BCUT2D eigenvalue weighted by atomic mass is 9.80. The van der Waals surface area contributed by atoms with Crippen molar-refractivity contribution in [2.75, 3.05) is 0 Å². The van der Waals surface area contributed by atoms with Crippen molar-refractivity contribution in [3.05, 3.63) is 0 Å². The molecule has 0 aromatic heterocycles. The zero-order chi connectivity index (χ0) is 15.3. The molecule has 1 heterocycles. The molecule has 0 unspecified atom stereocenters. The van der Waals surface area contributed by atoms with Crippen molar-refractivity contribution in [3.8, 4) is 0 Å². The van der Waals surface area contributed by atoms with Gasteiger partial charge in [-0.2, -0.15) is 0 Å². The fourth-order valence-corrected chi connectivity index (χ4v) is 5.56. The smallest absolute Gasteiger partial charge is 0.166 e. The van der Waals surface area contributed by atoms with Gasteiger partial charge < -0.3 is 16.0 Å². The maximum absolute atomic E-state index is 5.59. The largest absolute Gasteiger partial charge is 0.360 e. The van der Waals surface area contributed by atoms with Gasteiger partial charge in [-0.05, 0) is 83.9 Å². The van der Waals surface area contributed by atoms with Crippen molar-refractivity contribution in [2.24, 2.45) is 11.8 Å². The predicted molar refractivity (Wildman–Crippen MR) is 92.4 cm³/mol. The highest BCUT2D eigenvalue weighted by Gasteiger charge is 2.41. The second-order valence-corrected chi connectivity index (χ2v) is 9.31. The zero-order valence-corrected chi connectivity index (χ0v) is 14.8. The minimum atomic E-state index is 0.168. The Morgan fingerprint density at radius 2 is 1.67 bits per heavy atom. The summed E-state index contributed by atoms with van der Waals surface area (Å²) in [5.74, 6) is 1.84. The molecule has 0 radical (unpaired) electrons. The van der Waals surface area contributed by atoms with Gasteiger partial charge >= 0.3 is 0 Å². The lowest BCUT2D eigenvalue weighted by molar-refractivity contribution is 0.155. The molecule has 2 saturated carbocycles. The molecule has 3 nitrogen and oxygen atoms in total. The number of thiocarbonyl (C=S) groups is 1. The van der Waals surface area contributed by atoms with Crippen LogP contribution in [0.5, 0.6) is 0 Å². The zero-order valence-electron chi connectivity index (χ0n) is 14.0. The van der Waals surface area contributed by atoms with E-state index in [-0.39, 0.29) is 11.1 Å². The second kappa shape index (κ2) is 5.38. The van der Waals surface area contributed by atoms with Gasteiger partial charge in [0.1, 0.15) is 0 Å². The van der Waals surface area contributed by atoms with Crippen molar-refractivity contribution in [1.29, 1.82) is 0 Å². The Kier molecular flexibility index (Phi) is 3.98. The van der Waals surface area contributed by atoms with Crippen LogP contribution in [0.2, 0.25) is 0 Å². The third-order valence-electron chi connectivity index (χ3n) is 5.58. The van der Waals surface area contributed by atoms with E-state index in [9.17, 15) is 0 Å². The van der Waals surface area contributed by atoms with Crippen molar-refractivity contribution in [3.63, 3.8) is 0 Å². The molecule has 0 spiro atoms. The first-order valence-corrected chi connectivity index (χ1v) is 9.00. The van der Waals surface area contributed by atoms with Crippen molar-refractivity contribution in [1.82, 2.24) is 16.0 Å². The molecule has 3 fully saturated rings. The van der Waals surface area contributed by atoms with Crippen LogP contribution in [0.3, 0.4) is 0 Å². The Balaban J connectivity index is 1.52. The molecule has 2 bridgehead atoms. The molecule has 120 valence electrons. The van der Waals surface area contributed by atoms with Gasteiger partial charge in [-0.15, -0.1) is 0 Å². The van der Waals surface area contributed by atoms with E-state index in [1.807, 2.05) is 0 Å². The number of nitrogens with one attached hydrogen (secondary N) is 3. The minimum absolute atomic E-state index is 0.168. The van der Waals surface area contributed by atoms with Crippen molar-refractivity contribution in [2.45, 2.75) is 89.4 Å². The van der Waals surface area contributed by atoms with Crippen LogP contribution in [0.4, 0.5) is 0 Å².